The van der Waals surface area contributed by atoms with Crippen LogP contribution in [0.3, 0.4) is 0 Å². The van der Waals surface area contributed by atoms with Crippen LogP contribution >= 0.6 is 0 Å². The largest absolute Gasteiger partial charge is 0.379 e. The minimum Gasteiger partial charge on any atom is -0.379 e. The Kier molecular flexibility index (Phi) is 4.93. The summed E-state index contributed by atoms with van der Waals surface area (Å²) in [7, 11) is 0. The van der Waals surface area contributed by atoms with Crippen LogP contribution in [0.1, 0.15) is 38.4 Å². The lowest BCUT2D eigenvalue weighted by atomic mass is 10.2. The van der Waals surface area contributed by atoms with Gasteiger partial charge in [-0.25, -0.2) is 15.8 Å². The Balaban J connectivity index is 1.83. The first-order valence-electron chi connectivity index (χ1n) is 6.86. The normalized spacial score (nSPS) is 14.7. The highest BCUT2D eigenvalue weighted by Crippen LogP contribution is 2.38. The van der Waals surface area contributed by atoms with Crippen LogP contribution in [0, 0.1) is 5.92 Å². The van der Waals surface area contributed by atoms with Gasteiger partial charge >= 0.3 is 0 Å². The van der Waals surface area contributed by atoms with Crippen molar-refractivity contribution in [2.45, 2.75) is 32.6 Å². The summed E-state index contributed by atoms with van der Waals surface area (Å²) in [5.74, 6) is 8.83. The van der Waals surface area contributed by atoms with Gasteiger partial charge in [0.25, 0.3) is 0 Å². The van der Waals surface area contributed by atoms with Gasteiger partial charge in [-0.3, -0.25) is 0 Å². The van der Waals surface area contributed by atoms with Crippen LogP contribution in [0.25, 0.3) is 0 Å². The van der Waals surface area contributed by atoms with Crippen molar-refractivity contribution in [1.82, 2.24) is 9.97 Å². The zero-order valence-corrected chi connectivity index (χ0v) is 11.6. The summed E-state index contributed by atoms with van der Waals surface area (Å²) in [6, 6.07) is 1.81. The lowest BCUT2D eigenvalue weighted by Gasteiger charge is -2.10. The molecule has 1 aliphatic carbocycles. The first-order chi connectivity index (χ1) is 9.19. The fourth-order valence-electron chi connectivity index (χ4n) is 1.72. The van der Waals surface area contributed by atoms with E-state index in [1.807, 2.05) is 6.07 Å². The lowest BCUT2D eigenvalue weighted by Crippen LogP contribution is -2.15. The summed E-state index contributed by atoms with van der Waals surface area (Å²) in [4.78, 5) is 8.87. The van der Waals surface area contributed by atoms with Gasteiger partial charge in [0.05, 0.1) is 6.61 Å². The van der Waals surface area contributed by atoms with Gasteiger partial charge in [0.2, 0.25) is 0 Å². The van der Waals surface area contributed by atoms with Gasteiger partial charge in [0.15, 0.2) is 0 Å². The predicted octanol–water partition coefficient (Wildman–Crippen LogP) is 1.72. The Bertz CT molecular complexity index is 406. The number of anilines is 2. The van der Waals surface area contributed by atoms with Crippen molar-refractivity contribution in [3.05, 3.63) is 11.9 Å². The van der Waals surface area contributed by atoms with E-state index < -0.39 is 0 Å². The molecule has 19 heavy (non-hydrogen) atoms. The molecular formula is C13H23N5O. The molecule has 0 bridgehead atoms. The third-order valence-corrected chi connectivity index (χ3v) is 2.84. The van der Waals surface area contributed by atoms with Crippen molar-refractivity contribution in [2.75, 3.05) is 30.5 Å². The van der Waals surface area contributed by atoms with Gasteiger partial charge in [-0.2, -0.15) is 0 Å². The molecule has 106 valence electrons. The van der Waals surface area contributed by atoms with E-state index in [1.54, 1.807) is 0 Å². The summed E-state index contributed by atoms with van der Waals surface area (Å²) in [5, 5.41) is 3.24. The first-order valence-corrected chi connectivity index (χ1v) is 6.86. The number of aromatic nitrogens is 2. The highest BCUT2D eigenvalue weighted by atomic mass is 16.5. The second kappa shape index (κ2) is 6.68. The molecule has 0 aliphatic heterocycles. The monoisotopic (exact) mass is 265 g/mol. The smallest absolute Gasteiger partial charge is 0.145 e. The Morgan fingerprint density at radius 3 is 2.74 bits per heavy atom. The van der Waals surface area contributed by atoms with E-state index in [0.717, 1.165) is 24.8 Å². The average molecular weight is 265 g/mol. The molecule has 0 saturated heterocycles. The third kappa shape index (κ3) is 4.65. The van der Waals surface area contributed by atoms with E-state index in [4.69, 9.17) is 10.6 Å². The molecule has 0 radical (unpaired) electrons. The predicted molar refractivity (Wildman–Crippen MR) is 76.0 cm³/mol. The number of hydrazine groups is 1. The van der Waals surface area contributed by atoms with Crippen LogP contribution in [0.15, 0.2) is 6.07 Å². The molecule has 0 atom stereocenters. The molecule has 1 aromatic heterocycles. The van der Waals surface area contributed by atoms with Crippen LogP contribution in [-0.4, -0.2) is 29.7 Å². The maximum absolute atomic E-state index is 5.52. The summed E-state index contributed by atoms with van der Waals surface area (Å²) < 4.78 is 5.52. The van der Waals surface area contributed by atoms with Crippen molar-refractivity contribution in [2.24, 2.45) is 11.8 Å². The Hall–Kier alpha value is -1.40. The van der Waals surface area contributed by atoms with E-state index in [9.17, 15) is 0 Å². The Labute approximate surface area is 114 Å². The molecule has 1 aliphatic rings. The Morgan fingerprint density at radius 2 is 2.11 bits per heavy atom. The number of rotatable bonds is 8. The number of nitrogens with two attached hydrogens (primary N) is 1. The summed E-state index contributed by atoms with van der Waals surface area (Å²) in [5.41, 5.74) is 2.58. The molecular weight excluding hydrogens is 242 g/mol. The second-order valence-electron chi connectivity index (χ2n) is 5.31. The molecule has 6 heteroatoms. The number of nitrogens with one attached hydrogen (secondary N) is 2. The lowest BCUT2D eigenvalue weighted by molar-refractivity contribution is 0.118. The zero-order valence-electron chi connectivity index (χ0n) is 11.6. The standard InChI is InChI=1S/C13H23N5O/c1-9(2)8-19-6-5-15-11-7-12(18-14)17-13(16-11)10-3-4-10/h7,9-10H,3-6,8,14H2,1-2H3,(H2,15,16,17,18). The maximum atomic E-state index is 5.52. The SMILES string of the molecule is CC(C)COCCNc1cc(NN)nc(C2CC2)n1. The van der Waals surface area contributed by atoms with Gasteiger partial charge in [-0.05, 0) is 18.8 Å². The minimum atomic E-state index is 0.506. The molecule has 4 N–H and O–H groups in total. The van der Waals surface area contributed by atoms with E-state index >= 15 is 0 Å². The zero-order chi connectivity index (χ0) is 13.7. The maximum Gasteiger partial charge on any atom is 0.145 e. The second-order valence-corrected chi connectivity index (χ2v) is 5.31. The van der Waals surface area contributed by atoms with Gasteiger partial charge in [0.1, 0.15) is 17.5 Å². The quantitative estimate of drug-likeness (QED) is 0.377. The molecule has 1 aromatic rings. The van der Waals surface area contributed by atoms with E-state index in [1.165, 1.54) is 12.8 Å². The highest BCUT2D eigenvalue weighted by Gasteiger charge is 2.27. The summed E-state index contributed by atoms with van der Waals surface area (Å²) in [6.45, 7) is 6.47. The van der Waals surface area contributed by atoms with Crippen LogP contribution in [0.5, 0.6) is 0 Å². The first kappa shape index (κ1) is 14.0. The number of hydrogen-bond donors (Lipinski definition) is 3. The molecule has 2 rings (SSSR count). The Morgan fingerprint density at radius 1 is 1.37 bits per heavy atom. The van der Waals surface area contributed by atoms with Gasteiger partial charge < -0.3 is 15.5 Å². The summed E-state index contributed by atoms with van der Waals surface area (Å²) in [6.07, 6.45) is 2.34. The number of nitrogen functional groups attached to an aromatic ring is 1. The van der Waals surface area contributed by atoms with E-state index in [-0.39, 0.29) is 0 Å². The van der Waals surface area contributed by atoms with Crippen molar-refractivity contribution in [3.63, 3.8) is 0 Å². The van der Waals surface area contributed by atoms with Gasteiger partial charge in [0, 0.05) is 25.1 Å². The van der Waals surface area contributed by atoms with E-state index in [0.29, 0.717) is 24.3 Å². The molecule has 1 heterocycles. The average Bonchev–Trinajstić information content (AvgIpc) is 3.22. The van der Waals surface area contributed by atoms with Crippen molar-refractivity contribution in [1.29, 1.82) is 0 Å². The van der Waals surface area contributed by atoms with Crippen LogP contribution in [-0.2, 0) is 4.74 Å². The van der Waals surface area contributed by atoms with Gasteiger partial charge in [-0.1, -0.05) is 13.8 Å². The number of ether oxygens (including phenoxy) is 1. The molecule has 6 nitrogen and oxygen atoms in total. The highest BCUT2D eigenvalue weighted by molar-refractivity contribution is 5.47. The third-order valence-electron chi connectivity index (χ3n) is 2.84. The molecule has 0 unspecified atom stereocenters. The molecule has 0 amide bonds. The van der Waals surface area contributed by atoms with Crippen LogP contribution in [0.4, 0.5) is 11.6 Å². The van der Waals surface area contributed by atoms with Crippen molar-refractivity contribution in [3.8, 4) is 0 Å². The van der Waals surface area contributed by atoms with Crippen molar-refractivity contribution < 1.29 is 4.74 Å². The van der Waals surface area contributed by atoms with Crippen LogP contribution in [0.2, 0.25) is 0 Å². The van der Waals surface area contributed by atoms with E-state index in [2.05, 4.69) is 34.6 Å². The summed E-state index contributed by atoms with van der Waals surface area (Å²) >= 11 is 0. The molecule has 0 spiro atoms. The molecule has 0 aromatic carbocycles. The fraction of sp³-hybridized carbons (Fsp3) is 0.692. The number of nitrogens with zero attached hydrogens (tertiary/aromatic N) is 2. The number of hydrogen-bond acceptors (Lipinski definition) is 6. The topological polar surface area (TPSA) is 85.1 Å². The van der Waals surface area contributed by atoms with Crippen molar-refractivity contribution >= 4 is 11.6 Å². The molecule has 1 saturated carbocycles. The minimum absolute atomic E-state index is 0.506. The van der Waals surface area contributed by atoms with Crippen LogP contribution < -0.4 is 16.6 Å². The van der Waals surface area contributed by atoms with Gasteiger partial charge in [-0.15, -0.1) is 0 Å². The molecule has 1 fully saturated rings. The fourth-order valence-corrected chi connectivity index (χ4v) is 1.72.